The molecule has 3 rings (SSSR count). The summed E-state index contributed by atoms with van der Waals surface area (Å²) in [4.78, 5) is 20.2. The molecule has 0 saturated heterocycles. The third-order valence-corrected chi connectivity index (χ3v) is 3.71. The lowest BCUT2D eigenvalue weighted by atomic mass is 9.96. The average molecular weight is 260 g/mol. The van der Waals surface area contributed by atoms with Crippen molar-refractivity contribution in [1.82, 2.24) is 15.3 Å². The molecule has 0 aliphatic heterocycles. The quantitative estimate of drug-likeness (QED) is 0.840. The number of hydrogen-bond donors (Lipinski definition) is 2. The summed E-state index contributed by atoms with van der Waals surface area (Å²) in [5, 5.41) is 6.28. The van der Waals surface area contributed by atoms with Crippen molar-refractivity contribution in [2.24, 2.45) is 0 Å². The summed E-state index contributed by atoms with van der Waals surface area (Å²) in [6.45, 7) is 0.641. The first-order valence-electron chi connectivity index (χ1n) is 7.19. The molecule has 0 radical (unpaired) electrons. The van der Waals surface area contributed by atoms with Crippen LogP contribution in [0, 0.1) is 0 Å². The first kappa shape index (κ1) is 12.4. The lowest BCUT2D eigenvalue weighted by Gasteiger charge is -2.17. The van der Waals surface area contributed by atoms with E-state index in [0.717, 1.165) is 31.5 Å². The number of carbonyl (C=O) groups is 1. The molecule has 0 unspecified atom stereocenters. The number of amides is 1. The molecule has 5 nitrogen and oxygen atoms in total. The van der Waals surface area contributed by atoms with E-state index in [-0.39, 0.29) is 5.91 Å². The van der Waals surface area contributed by atoms with Crippen molar-refractivity contribution in [2.45, 2.75) is 51.0 Å². The normalized spacial score (nSPS) is 17.7. The SMILES string of the molecule is O=C(CCNc1ncnc2c1CCCC2)NC1CC1. The molecule has 1 amide bonds. The van der Waals surface area contributed by atoms with Gasteiger partial charge in [0.05, 0.1) is 0 Å². The highest BCUT2D eigenvalue weighted by Crippen LogP contribution is 2.24. The molecule has 2 aliphatic rings. The van der Waals surface area contributed by atoms with Crippen molar-refractivity contribution in [3.05, 3.63) is 17.6 Å². The third-order valence-electron chi connectivity index (χ3n) is 3.71. The molecule has 1 saturated carbocycles. The number of aryl methyl sites for hydroxylation is 1. The van der Waals surface area contributed by atoms with Gasteiger partial charge in [-0.2, -0.15) is 0 Å². The number of aromatic nitrogens is 2. The molecular weight excluding hydrogens is 240 g/mol. The Morgan fingerprint density at radius 1 is 1.26 bits per heavy atom. The van der Waals surface area contributed by atoms with Crippen LogP contribution in [0.25, 0.3) is 0 Å². The van der Waals surface area contributed by atoms with Crippen molar-refractivity contribution in [3.63, 3.8) is 0 Å². The van der Waals surface area contributed by atoms with Crippen LogP contribution in [0.2, 0.25) is 0 Å². The minimum atomic E-state index is 0.137. The van der Waals surface area contributed by atoms with Gasteiger partial charge < -0.3 is 10.6 Å². The number of rotatable bonds is 5. The molecule has 1 fully saturated rings. The molecule has 1 aromatic rings. The van der Waals surface area contributed by atoms with E-state index in [0.29, 0.717) is 19.0 Å². The van der Waals surface area contributed by atoms with Crippen LogP contribution in [-0.2, 0) is 17.6 Å². The topological polar surface area (TPSA) is 66.9 Å². The number of nitrogens with zero attached hydrogens (tertiary/aromatic N) is 2. The maximum atomic E-state index is 11.6. The van der Waals surface area contributed by atoms with E-state index in [1.165, 1.54) is 24.1 Å². The van der Waals surface area contributed by atoms with Gasteiger partial charge in [-0.15, -0.1) is 0 Å². The number of carbonyl (C=O) groups excluding carboxylic acids is 1. The molecule has 0 spiro atoms. The van der Waals surface area contributed by atoms with Crippen molar-refractivity contribution >= 4 is 11.7 Å². The lowest BCUT2D eigenvalue weighted by Crippen LogP contribution is -2.27. The number of nitrogens with one attached hydrogen (secondary N) is 2. The Bertz CT molecular complexity index is 471. The van der Waals surface area contributed by atoms with Crippen LogP contribution in [0.3, 0.4) is 0 Å². The van der Waals surface area contributed by atoms with Crippen LogP contribution in [0.5, 0.6) is 0 Å². The predicted molar refractivity (Wildman–Crippen MR) is 72.9 cm³/mol. The highest BCUT2D eigenvalue weighted by Gasteiger charge is 2.22. The van der Waals surface area contributed by atoms with Gasteiger partial charge in [-0.1, -0.05) is 0 Å². The fourth-order valence-electron chi connectivity index (χ4n) is 2.50. The second kappa shape index (κ2) is 5.55. The van der Waals surface area contributed by atoms with E-state index in [2.05, 4.69) is 20.6 Å². The van der Waals surface area contributed by atoms with Gasteiger partial charge in [0.25, 0.3) is 0 Å². The second-order valence-electron chi connectivity index (χ2n) is 5.37. The minimum Gasteiger partial charge on any atom is -0.369 e. The lowest BCUT2D eigenvalue weighted by molar-refractivity contribution is -0.120. The van der Waals surface area contributed by atoms with Crippen LogP contribution in [0.4, 0.5) is 5.82 Å². The van der Waals surface area contributed by atoms with E-state index in [1.54, 1.807) is 6.33 Å². The summed E-state index contributed by atoms with van der Waals surface area (Å²) in [5.41, 5.74) is 2.42. The molecule has 2 N–H and O–H groups in total. The van der Waals surface area contributed by atoms with Gasteiger partial charge in [-0.05, 0) is 38.5 Å². The van der Waals surface area contributed by atoms with Crippen LogP contribution < -0.4 is 10.6 Å². The molecule has 102 valence electrons. The Balaban J connectivity index is 1.53. The molecule has 0 atom stereocenters. The summed E-state index contributed by atoms with van der Waals surface area (Å²) in [5.74, 6) is 1.06. The summed E-state index contributed by atoms with van der Waals surface area (Å²) in [6, 6.07) is 0.444. The Morgan fingerprint density at radius 3 is 2.95 bits per heavy atom. The van der Waals surface area contributed by atoms with Gasteiger partial charge in [0.2, 0.25) is 5.91 Å². The predicted octanol–water partition coefficient (Wildman–Crippen LogP) is 1.44. The maximum absolute atomic E-state index is 11.6. The maximum Gasteiger partial charge on any atom is 0.221 e. The minimum absolute atomic E-state index is 0.137. The van der Waals surface area contributed by atoms with Crippen LogP contribution in [0.15, 0.2) is 6.33 Å². The fourth-order valence-corrected chi connectivity index (χ4v) is 2.50. The molecule has 5 heteroatoms. The van der Waals surface area contributed by atoms with Crippen molar-refractivity contribution < 1.29 is 4.79 Å². The zero-order chi connectivity index (χ0) is 13.1. The van der Waals surface area contributed by atoms with Crippen LogP contribution in [-0.4, -0.2) is 28.5 Å². The summed E-state index contributed by atoms with van der Waals surface area (Å²) < 4.78 is 0. The van der Waals surface area contributed by atoms with E-state index in [9.17, 15) is 4.79 Å². The third kappa shape index (κ3) is 3.22. The molecular formula is C14H20N4O. The monoisotopic (exact) mass is 260 g/mol. The summed E-state index contributed by atoms with van der Waals surface area (Å²) in [7, 11) is 0. The Morgan fingerprint density at radius 2 is 2.11 bits per heavy atom. The zero-order valence-corrected chi connectivity index (χ0v) is 11.1. The van der Waals surface area contributed by atoms with E-state index >= 15 is 0 Å². The fraction of sp³-hybridized carbons (Fsp3) is 0.643. The highest BCUT2D eigenvalue weighted by molar-refractivity contribution is 5.77. The standard InChI is InChI=1S/C14H20N4O/c19-13(18-10-5-6-10)7-8-15-14-11-3-1-2-4-12(11)16-9-17-14/h9-10H,1-8H2,(H,18,19)(H,15,16,17). The van der Waals surface area contributed by atoms with Gasteiger partial charge >= 0.3 is 0 Å². The van der Waals surface area contributed by atoms with Gasteiger partial charge in [0.1, 0.15) is 12.1 Å². The Labute approximate surface area is 113 Å². The van der Waals surface area contributed by atoms with E-state index in [4.69, 9.17) is 0 Å². The Kier molecular flexibility index (Phi) is 3.62. The molecule has 19 heavy (non-hydrogen) atoms. The first-order chi connectivity index (χ1) is 9.33. The van der Waals surface area contributed by atoms with Crippen molar-refractivity contribution in [3.8, 4) is 0 Å². The van der Waals surface area contributed by atoms with Crippen molar-refractivity contribution in [1.29, 1.82) is 0 Å². The molecule has 1 aromatic heterocycles. The first-order valence-corrected chi connectivity index (χ1v) is 7.19. The van der Waals surface area contributed by atoms with Gasteiger partial charge in [-0.3, -0.25) is 4.79 Å². The molecule has 1 heterocycles. The van der Waals surface area contributed by atoms with E-state index < -0.39 is 0 Å². The van der Waals surface area contributed by atoms with Crippen molar-refractivity contribution in [2.75, 3.05) is 11.9 Å². The van der Waals surface area contributed by atoms with E-state index in [1.807, 2.05) is 0 Å². The zero-order valence-electron chi connectivity index (χ0n) is 11.1. The smallest absolute Gasteiger partial charge is 0.221 e. The number of anilines is 1. The summed E-state index contributed by atoms with van der Waals surface area (Å²) >= 11 is 0. The second-order valence-corrected chi connectivity index (χ2v) is 5.37. The number of fused-ring (bicyclic) bond motifs is 1. The molecule has 2 aliphatic carbocycles. The molecule has 0 aromatic carbocycles. The molecule has 0 bridgehead atoms. The van der Waals surface area contributed by atoms with Gasteiger partial charge in [-0.25, -0.2) is 9.97 Å². The summed E-state index contributed by atoms with van der Waals surface area (Å²) in [6.07, 6.45) is 8.93. The Hall–Kier alpha value is -1.65. The largest absolute Gasteiger partial charge is 0.369 e. The van der Waals surface area contributed by atoms with Crippen LogP contribution in [0.1, 0.15) is 43.4 Å². The van der Waals surface area contributed by atoms with Crippen LogP contribution >= 0.6 is 0 Å². The highest BCUT2D eigenvalue weighted by atomic mass is 16.1. The van der Waals surface area contributed by atoms with Gasteiger partial charge in [0.15, 0.2) is 0 Å². The number of hydrogen-bond acceptors (Lipinski definition) is 4. The van der Waals surface area contributed by atoms with Gasteiger partial charge in [0, 0.05) is 30.3 Å². The average Bonchev–Trinajstić information content (AvgIpc) is 3.23.